The lowest BCUT2D eigenvalue weighted by Gasteiger charge is -2.30. The number of urea groups is 2. The molecule has 0 atom stereocenters. The molecule has 4 rings (SSSR count). The molecule has 3 heterocycles. The average molecular weight is 418 g/mol. The van der Waals surface area contributed by atoms with Crippen molar-refractivity contribution in [3.63, 3.8) is 0 Å². The van der Waals surface area contributed by atoms with E-state index in [9.17, 15) is 14.4 Å². The van der Waals surface area contributed by atoms with E-state index in [4.69, 9.17) is 0 Å². The Morgan fingerprint density at radius 2 is 1.83 bits per heavy atom. The summed E-state index contributed by atoms with van der Waals surface area (Å²) in [6.45, 7) is 1.92. The molecule has 1 aromatic rings. The van der Waals surface area contributed by atoms with Crippen molar-refractivity contribution in [2.24, 2.45) is 0 Å². The predicted octanol–water partition coefficient (Wildman–Crippen LogP) is 1.45. The van der Waals surface area contributed by atoms with Gasteiger partial charge in [-0.1, -0.05) is 25.7 Å². The summed E-state index contributed by atoms with van der Waals surface area (Å²) in [6, 6.07) is -0.597. The molecule has 30 heavy (non-hydrogen) atoms. The molecule has 0 unspecified atom stereocenters. The van der Waals surface area contributed by atoms with E-state index in [2.05, 4.69) is 30.7 Å². The second kappa shape index (κ2) is 9.01. The molecular formula is C20H31N7O3. The molecule has 3 aliphatic rings. The number of amides is 5. The van der Waals surface area contributed by atoms with Gasteiger partial charge in [0.2, 0.25) is 0 Å². The summed E-state index contributed by atoms with van der Waals surface area (Å²) in [4.78, 5) is 38.4. The van der Waals surface area contributed by atoms with Crippen molar-refractivity contribution in [1.82, 2.24) is 35.6 Å². The van der Waals surface area contributed by atoms with E-state index in [1.807, 2.05) is 0 Å². The molecule has 1 saturated heterocycles. The van der Waals surface area contributed by atoms with Crippen LogP contribution in [0.4, 0.5) is 9.59 Å². The van der Waals surface area contributed by atoms with Crippen molar-refractivity contribution in [2.45, 2.75) is 82.8 Å². The van der Waals surface area contributed by atoms with Crippen LogP contribution in [0.2, 0.25) is 0 Å². The van der Waals surface area contributed by atoms with E-state index >= 15 is 0 Å². The normalized spacial score (nSPS) is 20.6. The quantitative estimate of drug-likeness (QED) is 0.478. The second-order valence-corrected chi connectivity index (χ2v) is 8.49. The summed E-state index contributed by atoms with van der Waals surface area (Å²) >= 11 is 0. The number of aromatic nitrogens is 3. The molecule has 1 aromatic heterocycles. The van der Waals surface area contributed by atoms with Crippen molar-refractivity contribution in [2.75, 3.05) is 13.1 Å². The van der Waals surface area contributed by atoms with Gasteiger partial charge in [-0.2, -0.15) is 0 Å². The molecule has 5 amide bonds. The number of hydrogen-bond acceptors (Lipinski definition) is 5. The predicted molar refractivity (Wildman–Crippen MR) is 108 cm³/mol. The maximum atomic E-state index is 12.7. The van der Waals surface area contributed by atoms with Gasteiger partial charge in [0.15, 0.2) is 5.82 Å². The van der Waals surface area contributed by atoms with E-state index < -0.39 is 5.54 Å². The monoisotopic (exact) mass is 417 g/mol. The number of carbonyl (C=O) groups excluding carboxylic acids is 3. The van der Waals surface area contributed by atoms with Crippen LogP contribution in [0.3, 0.4) is 0 Å². The van der Waals surface area contributed by atoms with E-state index in [1.54, 1.807) is 0 Å². The van der Waals surface area contributed by atoms with Gasteiger partial charge in [-0.25, -0.2) is 9.59 Å². The summed E-state index contributed by atoms with van der Waals surface area (Å²) in [5.74, 6) is 1.66. The van der Waals surface area contributed by atoms with Gasteiger partial charge in [0, 0.05) is 26.1 Å². The number of fused-ring (bicyclic) bond motifs is 1. The maximum Gasteiger partial charge on any atom is 0.325 e. The lowest BCUT2D eigenvalue weighted by atomic mass is 9.82. The minimum atomic E-state index is -0.684. The molecule has 3 N–H and O–H groups in total. The van der Waals surface area contributed by atoms with E-state index in [-0.39, 0.29) is 18.0 Å². The number of carbonyl (C=O) groups is 3. The Bertz CT molecular complexity index is 800. The third kappa shape index (κ3) is 4.27. The Balaban J connectivity index is 1.18. The van der Waals surface area contributed by atoms with Gasteiger partial charge in [0.1, 0.15) is 11.4 Å². The van der Waals surface area contributed by atoms with Gasteiger partial charge in [-0.15, -0.1) is 10.2 Å². The molecule has 10 nitrogen and oxygen atoms in total. The molecule has 2 aliphatic heterocycles. The summed E-state index contributed by atoms with van der Waals surface area (Å²) in [5, 5.41) is 16.9. The summed E-state index contributed by atoms with van der Waals surface area (Å²) in [5.41, 5.74) is -0.684. The lowest BCUT2D eigenvalue weighted by molar-refractivity contribution is -0.132. The van der Waals surface area contributed by atoms with Crippen molar-refractivity contribution in [3.8, 4) is 0 Å². The summed E-state index contributed by atoms with van der Waals surface area (Å²) in [7, 11) is 0. The Kier molecular flexibility index (Phi) is 6.19. The Morgan fingerprint density at radius 3 is 2.67 bits per heavy atom. The third-order valence-corrected chi connectivity index (χ3v) is 6.39. The lowest BCUT2D eigenvalue weighted by Crippen LogP contribution is -2.48. The molecule has 0 aromatic carbocycles. The van der Waals surface area contributed by atoms with E-state index in [0.29, 0.717) is 26.1 Å². The molecule has 10 heteroatoms. The van der Waals surface area contributed by atoms with Gasteiger partial charge < -0.3 is 20.5 Å². The van der Waals surface area contributed by atoms with Gasteiger partial charge in [-0.3, -0.25) is 9.69 Å². The minimum Gasteiger partial charge on any atom is -0.338 e. The fourth-order valence-corrected chi connectivity index (χ4v) is 4.71. The molecule has 164 valence electrons. The Hall–Kier alpha value is -2.65. The smallest absolute Gasteiger partial charge is 0.325 e. The molecule has 1 aliphatic carbocycles. The van der Waals surface area contributed by atoms with Crippen LogP contribution in [0.5, 0.6) is 0 Å². The zero-order valence-corrected chi connectivity index (χ0v) is 17.4. The highest BCUT2D eigenvalue weighted by molar-refractivity contribution is 6.07. The molecule has 0 bridgehead atoms. The molecule has 1 saturated carbocycles. The fourth-order valence-electron chi connectivity index (χ4n) is 4.71. The SMILES string of the molecule is O=C(NCCCN1C(=O)NC2(CCCCC2)C1=O)NCc1nnc2n1CCCCC2. The molecular weight excluding hydrogens is 386 g/mol. The number of rotatable bonds is 6. The van der Waals surface area contributed by atoms with Crippen molar-refractivity contribution < 1.29 is 14.4 Å². The van der Waals surface area contributed by atoms with E-state index in [1.165, 1.54) is 11.3 Å². The van der Waals surface area contributed by atoms with Crippen molar-refractivity contribution >= 4 is 18.0 Å². The van der Waals surface area contributed by atoms with Crippen LogP contribution in [-0.4, -0.2) is 56.3 Å². The van der Waals surface area contributed by atoms with Gasteiger partial charge in [0.05, 0.1) is 6.54 Å². The minimum absolute atomic E-state index is 0.107. The van der Waals surface area contributed by atoms with Crippen LogP contribution in [0.15, 0.2) is 0 Å². The van der Waals surface area contributed by atoms with Crippen molar-refractivity contribution in [3.05, 3.63) is 11.6 Å². The van der Waals surface area contributed by atoms with Gasteiger partial charge in [-0.05, 0) is 32.1 Å². The first-order chi connectivity index (χ1) is 14.6. The number of nitrogens with one attached hydrogen (secondary N) is 3. The first-order valence-electron chi connectivity index (χ1n) is 11.2. The number of hydrogen-bond donors (Lipinski definition) is 3. The topological polar surface area (TPSA) is 121 Å². The largest absolute Gasteiger partial charge is 0.338 e. The zero-order valence-electron chi connectivity index (χ0n) is 17.4. The second-order valence-electron chi connectivity index (χ2n) is 8.49. The highest BCUT2D eigenvalue weighted by Gasteiger charge is 2.50. The Morgan fingerprint density at radius 1 is 1.03 bits per heavy atom. The van der Waals surface area contributed by atoms with Crippen LogP contribution in [0.25, 0.3) is 0 Å². The number of nitrogens with zero attached hydrogens (tertiary/aromatic N) is 4. The summed E-state index contributed by atoms with van der Waals surface area (Å²) in [6.07, 6.45) is 9.37. The van der Waals surface area contributed by atoms with E-state index in [0.717, 1.165) is 69.6 Å². The van der Waals surface area contributed by atoms with Crippen LogP contribution >= 0.6 is 0 Å². The number of aryl methyl sites for hydroxylation is 1. The highest BCUT2D eigenvalue weighted by Crippen LogP contribution is 2.33. The first-order valence-corrected chi connectivity index (χ1v) is 11.2. The van der Waals surface area contributed by atoms with Crippen LogP contribution in [0, 0.1) is 0 Å². The maximum absolute atomic E-state index is 12.7. The van der Waals surface area contributed by atoms with Gasteiger partial charge in [0.25, 0.3) is 5.91 Å². The van der Waals surface area contributed by atoms with Crippen LogP contribution in [-0.2, 0) is 24.3 Å². The van der Waals surface area contributed by atoms with Gasteiger partial charge >= 0.3 is 12.1 Å². The van der Waals surface area contributed by atoms with Crippen molar-refractivity contribution in [1.29, 1.82) is 0 Å². The summed E-state index contributed by atoms with van der Waals surface area (Å²) < 4.78 is 2.10. The molecule has 2 fully saturated rings. The molecule has 1 spiro atoms. The van der Waals surface area contributed by atoms with Crippen LogP contribution < -0.4 is 16.0 Å². The van der Waals surface area contributed by atoms with Crippen LogP contribution in [0.1, 0.15) is 69.4 Å². The Labute approximate surface area is 176 Å². The highest BCUT2D eigenvalue weighted by atomic mass is 16.2. The first kappa shape index (κ1) is 20.6. The number of imide groups is 1. The zero-order chi connectivity index (χ0) is 21.0. The fraction of sp³-hybridized carbons (Fsp3) is 0.750. The average Bonchev–Trinajstić information content (AvgIpc) is 3.10. The third-order valence-electron chi connectivity index (χ3n) is 6.39. The molecule has 0 radical (unpaired) electrons. The standard InChI is InChI=1S/C20H31N7O3/c28-17-20(9-4-2-5-10-20)23-19(30)27(17)13-7-11-21-18(29)22-14-16-25-24-15-8-3-1-6-12-26(15)16/h1-14H2,(H,23,30)(H2,21,22,29).